The molecule has 1 rings (SSSR count). The summed E-state index contributed by atoms with van der Waals surface area (Å²) in [5.74, 6) is -0.582. The number of carbonyl (C=O) groups excluding carboxylic acids is 2. The van der Waals surface area contributed by atoms with Crippen LogP contribution in [0.5, 0.6) is 0 Å². The molecule has 0 radical (unpaired) electrons. The maximum absolute atomic E-state index is 12.2. The SMILES string of the molecule is CCCCOC(=O)C1CC(=O)N(CCC[Si](OCC)(OCC)OCC)C1. The number of carbonyl (C=O) groups is 2. The highest BCUT2D eigenvalue weighted by molar-refractivity contribution is 6.60. The van der Waals surface area contributed by atoms with Gasteiger partial charge in [-0.05, 0) is 33.6 Å². The Morgan fingerprint density at radius 2 is 1.69 bits per heavy atom. The van der Waals surface area contributed by atoms with Crippen molar-refractivity contribution in [2.75, 3.05) is 39.5 Å². The molecule has 1 fully saturated rings. The van der Waals surface area contributed by atoms with Crippen molar-refractivity contribution in [3.63, 3.8) is 0 Å². The Balaban J connectivity index is 2.48. The molecule has 26 heavy (non-hydrogen) atoms. The predicted octanol–water partition coefficient (Wildman–Crippen LogP) is 2.62. The average molecular weight is 390 g/mol. The molecule has 1 aliphatic heterocycles. The second-order valence-corrected chi connectivity index (χ2v) is 9.08. The first kappa shape index (κ1) is 23.1. The third-order valence-electron chi connectivity index (χ3n) is 4.29. The number of likely N-dealkylation sites (tertiary alicyclic amines) is 1. The molecule has 8 heteroatoms. The van der Waals surface area contributed by atoms with Gasteiger partial charge in [0.1, 0.15) is 0 Å². The summed E-state index contributed by atoms with van der Waals surface area (Å²) < 4.78 is 22.7. The van der Waals surface area contributed by atoms with E-state index in [1.807, 2.05) is 27.7 Å². The van der Waals surface area contributed by atoms with Gasteiger partial charge < -0.3 is 22.9 Å². The van der Waals surface area contributed by atoms with Crippen molar-refractivity contribution in [1.82, 2.24) is 4.90 Å². The van der Waals surface area contributed by atoms with Gasteiger partial charge in [-0.25, -0.2) is 0 Å². The average Bonchev–Trinajstić information content (AvgIpc) is 2.97. The van der Waals surface area contributed by atoms with E-state index in [2.05, 4.69) is 0 Å². The van der Waals surface area contributed by atoms with E-state index in [4.69, 9.17) is 18.0 Å². The Morgan fingerprint density at radius 3 is 2.23 bits per heavy atom. The van der Waals surface area contributed by atoms with Crippen molar-refractivity contribution in [2.24, 2.45) is 5.92 Å². The zero-order valence-electron chi connectivity index (χ0n) is 16.8. The number of esters is 1. The van der Waals surface area contributed by atoms with Crippen LogP contribution in [0.1, 0.15) is 53.4 Å². The molecule has 1 saturated heterocycles. The molecule has 0 aromatic rings. The van der Waals surface area contributed by atoms with E-state index in [9.17, 15) is 9.59 Å². The molecule has 152 valence electrons. The van der Waals surface area contributed by atoms with Gasteiger partial charge in [0, 0.05) is 45.4 Å². The molecule has 0 N–H and O–H groups in total. The molecule has 0 aliphatic carbocycles. The number of nitrogens with zero attached hydrogens (tertiary/aromatic N) is 1. The number of hydrogen-bond acceptors (Lipinski definition) is 6. The zero-order chi connectivity index (χ0) is 19.4. The normalized spacial score (nSPS) is 17.8. The van der Waals surface area contributed by atoms with Gasteiger partial charge in [-0.1, -0.05) is 13.3 Å². The van der Waals surface area contributed by atoms with Gasteiger partial charge in [0.2, 0.25) is 5.91 Å². The van der Waals surface area contributed by atoms with Crippen LogP contribution in [0.2, 0.25) is 6.04 Å². The third kappa shape index (κ3) is 7.34. The molecule has 7 nitrogen and oxygen atoms in total. The predicted molar refractivity (Wildman–Crippen MR) is 101 cm³/mol. The number of rotatable bonds is 14. The monoisotopic (exact) mass is 389 g/mol. The van der Waals surface area contributed by atoms with E-state index < -0.39 is 8.80 Å². The van der Waals surface area contributed by atoms with Gasteiger partial charge in [0.05, 0.1) is 12.5 Å². The van der Waals surface area contributed by atoms with Gasteiger partial charge in [-0.2, -0.15) is 0 Å². The van der Waals surface area contributed by atoms with Crippen molar-refractivity contribution in [1.29, 1.82) is 0 Å². The van der Waals surface area contributed by atoms with E-state index >= 15 is 0 Å². The molecule has 0 spiro atoms. The molecule has 1 aliphatic rings. The molecule has 0 saturated carbocycles. The van der Waals surface area contributed by atoms with Crippen molar-refractivity contribution >= 4 is 20.7 Å². The maximum Gasteiger partial charge on any atom is 0.500 e. The lowest BCUT2D eigenvalue weighted by molar-refractivity contribution is -0.148. The Hall–Kier alpha value is -0.963. The summed E-state index contributed by atoms with van der Waals surface area (Å²) in [6.07, 6.45) is 2.81. The lowest BCUT2D eigenvalue weighted by atomic mass is 10.1. The highest BCUT2D eigenvalue weighted by Crippen LogP contribution is 2.23. The standard InChI is InChI=1S/C18H35NO6Si/c1-5-9-12-22-18(21)16-14-17(20)19(15-16)11-10-13-26(23-6-2,24-7-3)25-8-4/h16H,5-15H2,1-4H3. The summed E-state index contributed by atoms with van der Waals surface area (Å²) >= 11 is 0. The van der Waals surface area contributed by atoms with E-state index in [0.717, 1.165) is 19.3 Å². The molecule has 0 aromatic carbocycles. The first-order valence-electron chi connectivity index (χ1n) is 9.88. The van der Waals surface area contributed by atoms with Crippen molar-refractivity contribution in [3.05, 3.63) is 0 Å². The zero-order valence-corrected chi connectivity index (χ0v) is 17.8. The van der Waals surface area contributed by atoms with Crippen LogP contribution in [0, 0.1) is 5.92 Å². The molecule has 1 atom stereocenters. The maximum atomic E-state index is 12.2. The van der Waals surface area contributed by atoms with Crippen LogP contribution in [0.4, 0.5) is 0 Å². The summed E-state index contributed by atoms with van der Waals surface area (Å²) in [7, 11) is -2.68. The fraction of sp³-hybridized carbons (Fsp3) is 0.889. The lowest BCUT2D eigenvalue weighted by Gasteiger charge is -2.29. The fourth-order valence-electron chi connectivity index (χ4n) is 3.07. The fourth-order valence-corrected chi connectivity index (χ4v) is 5.66. The molecule has 1 amide bonds. The minimum absolute atomic E-state index is 0.0129. The number of amides is 1. The van der Waals surface area contributed by atoms with Crippen LogP contribution >= 0.6 is 0 Å². The number of hydrogen-bond donors (Lipinski definition) is 0. The lowest BCUT2D eigenvalue weighted by Crippen LogP contribution is -2.46. The van der Waals surface area contributed by atoms with Gasteiger partial charge in [0.25, 0.3) is 0 Å². The topological polar surface area (TPSA) is 74.3 Å². The smallest absolute Gasteiger partial charge is 0.465 e. The molecule has 0 bridgehead atoms. The summed E-state index contributed by atoms with van der Waals surface area (Å²) in [5.41, 5.74) is 0. The first-order chi connectivity index (χ1) is 12.5. The quantitative estimate of drug-likeness (QED) is 0.258. The van der Waals surface area contributed by atoms with Crippen molar-refractivity contribution in [3.8, 4) is 0 Å². The van der Waals surface area contributed by atoms with Gasteiger partial charge in [-0.15, -0.1) is 0 Å². The van der Waals surface area contributed by atoms with Gasteiger partial charge in [-0.3, -0.25) is 9.59 Å². The Kier molecular flexibility index (Phi) is 11.0. The third-order valence-corrected chi connectivity index (χ3v) is 7.45. The second kappa shape index (κ2) is 12.4. The molecular weight excluding hydrogens is 354 g/mol. The minimum Gasteiger partial charge on any atom is -0.465 e. The van der Waals surface area contributed by atoms with Crippen LogP contribution in [-0.2, 0) is 27.6 Å². The van der Waals surface area contributed by atoms with E-state index in [1.54, 1.807) is 4.90 Å². The number of ether oxygens (including phenoxy) is 1. The Morgan fingerprint density at radius 1 is 1.08 bits per heavy atom. The minimum atomic E-state index is -2.68. The van der Waals surface area contributed by atoms with Crippen LogP contribution < -0.4 is 0 Å². The summed E-state index contributed by atoms with van der Waals surface area (Å²) in [4.78, 5) is 26.0. The van der Waals surface area contributed by atoms with Crippen molar-refractivity contribution < 1.29 is 27.6 Å². The van der Waals surface area contributed by atoms with Crippen LogP contribution in [0.3, 0.4) is 0 Å². The summed E-state index contributed by atoms with van der Waals surface area (Å²) in [6.45, 7) is 10.9. The Bertz CT molecular complexity index is 417. The molecule has 1 unspecified atom stereocenters. The molecule has 0 aromatic heterocycles. The second-order valence-electron chi connectivity index (χ2n) is 6.35. The largest absolute Gasteiger partial charge is 0.500 e. The molecule has 1 heterocycles. The summed E-state index contributed by atoms with van der Waals surface area (Å²) in [5, 5.41) is 0. The number of unbranched alkanes of at least 4 members (excludes halogenated alkanes) is 1. The van der Waals surface area contributed by atoms with Gasteiger partial charge in [0.15, 0.2) is 0 Å². The van der Waals surface area contributed by atoms with E-state index in [0.29, 0.717) is 45.6 Å². The highest BCUT2D eigenvalue weighted by atomic mass is 28.4. The summed E-state index contributed by atoms with van der Waals surface area (Å²) in [6, 6.07) is 0.665. The van der Waals surface area contributed by atoms with E-state index in [1.165, 1.54) is 0 Å². The van der Waals surface area contributed by atoms with Crippen molar-refractivity contribution in [2.45, 2.75) is 59.4 Å². The van der Waals surface area contributed by atoms with Gasteiger partial charge >= 0.3 is 14.8 Å². The van der Waals surface area contributed by atoms with Crippen LogP contribution in [-0.4, -0.2) is 65.1 Å². The first-order valence-corrected chi connectivity index (χ1v) is 11.8. The highest BCUT2D eigenvalue weighted by Gasteiger charge is 2.41. The van der Waals surface area contributed by atoms with E-state index in [-0.39, 0.29) is 24.2 Å². The van der Waals surface area contributed by atoms with Crippen LogP contribution in [0.25, 0.3) is 0 Å². The Labute approximate surface area is 158 Å². The van der Waals surface area contributed by atoms with Crippen LogP contribution in [0.15, 0.2) is 0 Å². The molecular formula is C18H35NO6Si.